The van der Waals surface area contributed by atoms with E-state index in [9.17, 15) is 4.39 Å². The summed E-state index contributed by atoms with van der Waals surface area (Å²) < 4.78 is 25.2. The lowest BCUT2D eigenvalue weighted by Crippen LogP contribution is -2.20. The van der Waals surface area contributed by atoms with E-state index in [1.165, 1.54) is 0 Å². The molecular formula is C24H31FN4O2. The fourth-order valence-electron chi connectivity index (χ4n) is 4.21. The summed E-state index contributed by atoms with van der Waals surface area (Å²) in [6.45, 7) is 9.46. The van der Waals surface area contributed by atoms with Crippen LogP contribution in [0.5, 0.6) is 0 Å². The van der Waals surface area contributed by atoms with Crippen molar-refractivity contribution in [3.8, 4) is 11.3 Å². The minimum atomic E-state index is -0.252. The largest absolute Gasteiger partial charge is 0.380 e. The summed E-state index contributed by atoms with van der Waals surface area (Å²) in [7, 11) is 0. The molecule has 3 aromatic rings. The zero-order valence-electron chi connectivity index (χ0n) is 18.6. The van der Waals surface area contributed by atoms with E-state index in [0.29, 0.717) is 17.3 Å². The molecule has 1 aromatic carbocycles. The molecule has 1 unspecified atom stereocenters. The molecule has 0 aliphatic carbocycles. The van der Waals surface area contributed by atoms with Crippen molar-refractivity contribution in [1.29, 1.82) is 0 Å². The lowest BCUT2D eigenvalue weighted by atomic mass is 9.98. The van der Waals surface area contributed by atoms with Crippen LogP contribution in [0.25, 0.3) is 22.2 Å². The van der Waals surface area contributed by atoms with Gasteiger partial charge in [0, 0.05) is 37.2 Å². The Morgan fingerprint density at radius 3 is 2.52 bits per heavy atom. The van der Waals surface area contributed by atoms with Crippen molar-refractivity contribution in [2.75, 3.05) is 31.2 Å². The maximum absolute atomic E-state index is 14.7. The molecule has 2 aliphatic heterocycles. The second-order valence-corrected chi connectivity index (χ2v) is 8.41. The maximum atomic E-state index is 14.7. The SMILES string of the molecule is CCc1cc(F)c2nc(N3CCCC3)c(-c3cc(C)no3)c(C)c2c1.NC1CCOC1. The fourth-order valence-corrected chi connectivity index (χ4v) is 4.21. The third-order valence-electron chi connectivity index (χ3n) is 6.00. The summed E-state index contributed by atoms with van der Waals surface area (Å²) in [5.74, 6) is 1.26. The Labute approximate surface area is 182 Å². The molecule has 5 rings (SSSR count). The maximum Gasteiger partial charge on any atom is 0.171 e. The fraction of sp³-hybridized carbons (Fsp3) is 0.500. The summed E-state index contributed by atoms with van der Waals surface area (Å²) in [5.41, 5.74) is 9.59. The lowest BCUT2D eigenvalue weighted by molar-refractivity contribution is 0.194. The second kappa shape index (κ2) is 9.32. The Bertz CT molecular complexity index is 1050. The van der Waals surface area contributed by atoms with Gasteiger partial charge in [0.25, 0.3) is 0 Å². The van der Waals surface area contributed by atoms with Crippen LogP contribution >= 0.6 is 0 Å². The number of benzene rings is 1. The van der Waals surface area contributed by atoms with E-state index >= 15 is 0 Å². The van der Waals surface area contributed by atoms with Gasteiger partial charge in [-0.15, -0.1) is 0 Å². The monoisotopic (exact) mass is 426 g/mol. The molecule has 0 radical (unpaired) electrons. The van der Waals surface area contributed by atoms with Crippen molar-refractivity contribution in [2.24, 2.45) is 5.73 Å². The first-order chi connectivity index (χ1) is 15.0. The Morgan fingerprint density at radius 2 is 1.97 bits per heavy atom. The zero-order valence-corrected chi connectivity index (χ0v) is 18.6. The number of ether oxygens (including phenoxy) is 1. The van der Waals surface area contributed by atoms with Crippen LogP contribution in [-0.2, 0) is 11.2 Å². The van der Waals surface area contributed by atoms with Crippen LogP contribution in [0.4, 0.5) is 10.2 Å². The van der Waals surface area contributed by atoms with E-state index in [4.69, 9.17) is 20.0 Å². The van der Waals surface area contributed by atoms with Gasteiger partial charge < -0.3 is 19.9 Å². The van der Waals surface area contributed by atoms with E-state index in [1.54, 1.807) is 6.07 Å². The van der Waals surface area contributed by atoms with Crippen LogP contribution in [0.15, 0.2) is 22.7 Å². The highest BCUT2D eigenvalue weighted by Crippen LogP contribution is 2.39. The molecule has 0 bridgehead atoms. The molecule has 2 fully saturated rings. The molecule has 166 valence electrons. The van der Waals surface area contributed by atoms with Crippen molar-refractivity contribution in [1.82, 2.24) is 10.1 Å². The first-order valence-electron chi connectivity index (χ1n) is 11.1. The summed E-state index contributed by atoms with van der Waals surface area (Å²) >= 11 is 0. The summed E-state index contributed by atoms with van der Waals surface area (Å²) in [6.07, 6.45) is 4.09. The molecule has 2 aromatic heterocycles. The Morgan fingerprint density at radius 1 is 1.19 bits per heavy atom. The number of hydrogen-bond acceptors (Lipinski definition) is 6. The van der Waals surface area contributed by atoms with Gasteiger partial charge in [-0.3, -0.25) is 0 Å². The minimum Gasteiger partial charge on any atom is -0.380 e. The predicted octanol–water partition coefficient (Wildman–Crippen LogP) is 4.54. The highest BCUT2D eigenvalue weighted by molar-refractivity contribution is 5.93. The Balaban J connectivity index is 0.000000334. The van der Waals surface area contributed by atoms with Gasteiger partial charge in [-0.1, -0.05) is 12.1 Å². The van der Waals surface area contributed by atoms with Gasteiger partial charge in [-0.05, 0) is 62.8 Å². The molecule has 2 saturated heterocycles. The average Bonchev–Trinajstić information content (AvgIpc) is 3.52. The number of hydrogen-bond donors (Lipinski definition) is 1. The standard InChI is InChI=1S/C20H22FN3O.C4H9NO/c1-4-14-10-15-13(3)18(17-9-12(2)23-25-17)20(24-7-5-6-8-24)22-19(15)16(21)11-14;5-4-1-2-6-3-4/h9-11H,4-8H2,1-3H3;4H,1-3,5H2. The summed E-state index contributed by atoms with van der Waals surface area (Å²) in [5, 5.41) is 4.89. The van der Waals surface area contributed by atoms with Gasteiger partial charge in [0.15, 0.2) is 5.76 Å². The van der Waals surface area contributed by atoms with E-state index in [0.717, 1.165) is 85.6 Å². The smallest absolute Gasteiger partial charge is 0.171 e. The van der Waals surface area contributed by atoms with Crippen molar-refractivity contribution in [2.45, 2.75) is 52.5 Å². The number of pyridine rings is 1. The molecule has 6 nitrogen and oxygen atoms in total. The van der Waals surface area contributed by atoms with Crippen LogP contribution in [0.3, 0.4) is 0 Å². The number of nitrogens with two attached hydrogens (primary N) is 1. The van der Waals surface area contributed by atoms with Crippen LogP contribution in [-0.4, -0.2) is 42.5 Å². The number of halogens is 1. The zero-order chi connectivity index (χ0) is 22.0. The van der Waals surface area contributed by atoms with E-state index in [1.807, 2.05) is 32.9 Å². The van der Waals surface area contributed by atoms with Crippen molar-refractivity contribution >= 4 is 16.7 Å². The molecule has 4 heterocycles. The molecule has 1 atom stereocenters. The number of fused-ring (bicyclic) bond motifs is 1. The number of anilines is 1. The van der Waals surface area contributed by atoms with Crippen molar-refractivity contribution < 1.29 is 13.7 Å². The molecular weight excluding hydrogens is 395 g/mol. The first-order valence-corrected chi connectivity index (χ1v) is 11.1. The molecule has 0 spiro atoms. The van der Waals surface area contributed by atoms with Gasteiger partial charge in [-0.25, -0.2) is 9.37 Å². The average molecular weight is 427 g/mol. The molecule has 2 aliphatic rings. The van der Waals surface area contributed by atoms with Gasteiger partial charge in [0.1, 0.15) is 17.2 Å². The quantitative estimate of drug-likeness (QED) is 0.662. The summed E-state index contributed by atoms with van der Waals surface area (Å²) in [6, 6.07) is 5.89. The highest BCUT2D eigenvalue weighted by atomic mass is 19.1. The predicted molar refractivity (Wildman–Crippen MR) is 121 cm³/mol. The van der Waals surface area contributed by atoms with Gasteiger partial charge >= 0.3 is 0 Å². The Hall–Kier alpha value is -2.51. The van der Waals surface area contributed by atoms with Crippen LogP contribution in [0.1, 0.15) is 43.0 Å². The van der Waals surface area contributed by atoms with Gasteiger partial charge in [0.2, 0.25) is 0 Å². The lowest BCUT2D eigenvalue weighted by Gasteiger charge is -2.22. The second-order valence-electron chi connectivity index (χ2n) is 8.41. The van der Waals surface area contributed by atoms with Gasteiger partial charge in [0.05, 0.1) is 17.9 Å². The van der Waals surface area contributed by atoms with Crippen molar-refractivity contribution in [3.05, 3.63) is 40.8 Å². The number of aromatic nitrogens is 2. The molecule has 7 heteroatoms. The number of rotatable bonds is 3. The van der Waals surface area contributed by atoms with Crippen molar-refractivity contribution in [3.63, 3.8) is 0 Å². The minimum absolute atomic E-state index is 0.252. The summed E-state index contributed by atoms with van der Waals surface area (Å²) in [4.78, 5) is 6.97. The van der Waals surface area contributed by atoms with Crippen LogP contribution < -0.4 is 10.6 Å². The van der Waals surface area contributed by atoms with Crippen LogP contribution in [0, 0.1) is 19.7 Å². The van der Waals surface area contributed by atoms with Gasteiger partial charge in [-0.2, -0.15) is 0 Å². The molecule has 31 heavy (non-hydrogen) atoms. The third kappa shape index (κ3) is 4.57. The molecule has 0 saturated carbocycles. The van der Waals surface area contributed by atoms with E-state index in [-0.39, 0.29) is 5.82 Å². The Kier molecular flexibility index (Phi) is 6.53. The highest BCUT2D eigenvalue weighted by Gasteiger charge is 2.25. The molecule has 2 N–H and O–H groups in total. The number of nitrogens with zero attached hydrogens (tertiary/aromatic N) is 3. The third-order valence-corrected chi connectivity index (χ3v) is 6.00. The topological polar surface area (TPSA) is 77.4 Å². The van der Waals surface area contributed by atoms with E-state index in [2.05, 4.69) is 10.1 Å². The van der Waals surface area contributed by atoms with Crippen LogP contribution in [0.2, 0.25) is 0 Å². The number of aryl methyl sites for hydroxylation is 3. The molecule has 0 amide bonds. The normalized spacial score (nSPS) is 18.5. The van der Waals surface area contributed by atoms with E-state index < -0.39 is 0 Å². The first kappa shape index (κ1) is 21.7.